The van der Waals surface area contributed by atoms with E-state index in [1.54, 1.807) is 0 Å². The highest BCUT2D eigenvalue weighted by Crippen LogP contribution is 2.09. The summed E-state index contributed by atoms with van der Waals surface area (Å²) >= 11 is 0. The van der Waals surface area contributed by atoms with E-state index >= 15 is 0 Å². The predicted octanol–water partition coefficient (Wildman–Crippen LogP) is -1.92. The predicted molar refractivity (Wildman–Crippen MR) is 77.2 cm³/mol. The number of rotatable bonds is 3. The number of benzene rings is 1. The molecule has 2 heterocycles. The van der Waals surface area contributed by atoms with Gasteiger partial charge in [0.25, 0.3) is 0 Å². The fraction of sp³-hybridized carbons (Fsp3) is 0.562. The van der Waals surface area contributed by atoms with Gasteiger partial charge in [0.15, 0.2) is 0 Å². The Balaban J connectivity index is 1.82. The smallest absolute Gasteiger partial charge is 0.370 e. The molecule has 1 amide bonds. The Morgan fingerprint density at radius 3 is 2.10 bits per heavy atom. The van der Waals surface area contributed by atoms with Crippen LogP contribution in [0.1, 0.15) is 11.6 Å². The van der Waals surface area contributed by atoms with Crippen molar-refractivity contribution in [2.24, 2.45) is 0 Å². The molecule has 2 aliphatic rings. The van der Waals surface area contributed by atoms with E-state index in [0.29, 0.717) is 19.1 Å². The lowest BCUT2D eigenvalue weighted by atomic mass is 10.0. The number of amides is 1. The molecule has 21 heavy (non-hydrogen) atoms. The van der Waals surface area contributed by atoms with Crippen LogP contribution in [-0.2, 0) is 14.3 Å². The standard InChI is InChI=1S/C16H22N2O3/c19-16(18-8-12-21-13-9-18)15(14-4-2-1-3-5-14)17-6-10-20-11-7-17/h1-5,15H,6-13H2/p+2. The van der Waals surface area contributed by atoms with Gasteiger partial charge in [0.05, 0.1) is 26.4 Å². The highest BCUT2D eigenvalue weighted by atomic mass is 16.5. The summed E-state index contributed by atoms with van der Waals surface area (Å²) in [4.78, 5) is 15.4. The second-order valence-corrected chi connectivity index (χ2v) is 5.69. The summed E-state index contributed by atoms with van der Waals surface area (Å²) in [6.45, 7) is 6.21. The Morgan fingerprint density at radius 2 is 1.48 bits per heavy atom. The van der Waals surface area contributed by atoms with Crippen molar-refractivity contribution in [2.45, 2.75) is 6.04 Å². The first-order chi connectivity index (χ1) is 10.4. The lowest BCUT2D eigenvalue weighted by Crippen LogP contribution is -3.24. The number of hydrogen-bond acceptors (Lipinski definition) is 3. The zero-order chi connectivity index (χ0) is 14.5. The van der Waals surface area contributed by atoms with E-state index in [0.717, 1.165) is 49.9 Å². The third kappa shape index (κ3) is 3.49. The molecule has 1 atom stereocenters. The molecule has 0 aliphatic carbocycles. The molecular formula is C16H24N2O3+2. The minimum atomic E-state index is -0.0804. The molecule has 0 aromatic heterocycles. The Morgan fingerprint density at radius 1 is 0.905 bits per heavy atom. The topological polar surface area (TPSA) is 44.4 Å². The van der Waals surface area contributed by atoms with Crippen molar-refractivity contribution in [3.05, 3.63) is 35.9 Å². The third-order valence-corrected chi connectivity index (χ3v) is 4.38. The fourth-order valence-corrected chi connectivity index (χ4v) is 3.21. The van der Waals surface area contributed by atoms with Gasteiger partial charge in [0, 0.05) is 5.56 Å². The van der Waals surface area contributed by atoms with Gasteiger partial charge in [-0.2, -0.15) is 0 Å². The number of carbonyl (C=O) groups excluding carboxylic acids is 1. The highest BCUT2D eigenvalue weighted by Gasteiger charge is 2.39. The summed E-state index contributed by atoms with van der Waals surface area (Å²) in [5, 5.41) is 0. The van der Waals surface area contributed by atoms with Crippen LogP contribution in [0, 0.1) is 0 Å². The van der Waals surface area contributed by atoms with E-state index < -0.39 is 0 Å². The number of ether oxygens (including phenoxy) is 2. The maximum Gasteiger partial charge on any atom is 0.374 e. The van der Waals surface area contributed by atoms with E-state index in [1.807, 2.05) is 18.2 Å². The van der Waals surface area contributed by atoms with Crippen molar-refractivity contribution in [3.8, 4) is 0 Å². The van der Waals surface area contributed by atoms with Crippen LogP contribution in [0.3, 0.4) is 0 Å². The molecule has 2 fully saturated rings. The molecule has 2 N–H and O–H groups in total. The van der Waals surface area contributed by atoms with E-state index in [4.69, 9.17) is 9.47 Å². The van der Waals surface area contributed by atoms with Gasteiger partial charge >= 0.3 is 5.91 Å². The van der Waals surface area contributed by atoms with Crippen LogP contribution in [0.4, 0.5) is 0 Å². The minimum absolute atomic E-state index is 0.0804. The van der Waals surface area contributed by atoms with Crippen molar-refractivity contribution in [1.82, 2.24) is 0 Å². The SMILES string of the molecule is O=C(C(c1ccccc1)[NH+]1CCOCC1)[NH+]1CCOCC1. The first-order valence-electron chi connectivity index (χ1n) is 7.80. The fourth-order valence-electron chi connectivity index (χ4n) is 3.21. The van der Waals surface area contributed by atoms with Crippen molar-refractivity contribution in [3.63, 3.8) is 0 Å². The van der Waals surface area contributed by atoms with E-state index in [-0.39, 0.29) is 6.04 Å². The highest BCUT2D eigenvalue weighted by molar-refractivity contribution is 5.73. The lowest BCUT2D eigenvalue weighted by Gasteiger charge is -2.32. The minimum Gasteiger partial charge on any atom is -0.370 e. The summed E-state index contributed by atoms with van der Waals surface area (Å²) in [6, 6.07) is 10.1. The van der Waals surface area contributed by atoms with Crippen LogP contribution >= 0.6 is 0 Å². The molecule has 1 unspecified atom stereocenters. The molecule has 5 heteroatoms. The van der Waals surface area contributed by atoms with Crippen LogP contribution < -0.4 is 9.80 Å². The number of hydrogen-bond donors (Lipinski definition) is 2. The maximum absolute atomic E-state index is 13.0. The van der Waals surface area contributed by atoms with Crippen LogP contribution in [0.25, 0.3) is 0 Å². The molecule has 114 valence electrons. The van der Waals surface area contributed by atoms with E-state index in [1.165, 1.54) is 4.90 Å². The van der Waals surface area contributed by atoms with Crippen molar-refractivity contribution >= 4 is 5.91 Å². The quantitative estimate of drug-likeness (QED) is 0.683. The van der Waals surface area contributed by atoms with Crippen molar-refractivity contribution in [1.29, 1.82) is 0 Å². The average Bonchev–Trinajstić information content (AvgIpc) is 2.58. The van der Waals surface area contributed by atoms with Crippen molar-refractivity contribution in [2.75, 3.05) is 52.6 Å². The van der Waals surface area contributed by atoms with Crippen LogP contribution in [-0.4, -0.2) is 58.5 Å². The average molecular weight is 292 g/mol. The maximum atomic E-state index is 13.0. The van der Waals surface area contributed by atoms with Gasteiger partial charge in [-0.3, -0.25) is 4.90 Å². The van der Waals surface area contributed by atoms with Gasteiger partial charge in [-0.1, -0.05) is 30.3 Å². The summed E-state index contributed by atoms with van der Waals surface area (Å²) in [5.74, 6) is 0.307. The molecule has 5 nitrogen and oxygen atoms in total. The number of nitrogens with one attached hydrogen (secondary N) is 2. The zero-order valence-corrected chi connectivity index (χ0v) is 12.3. The Bertz CT molecular complexity index is 454. The van der Waals surface area contributed by atoms with Crippen LogP contribution in [0.2, 0.25) is 0 Å². The van der Waals surface area contributed by atoms with Crippen LogP contribution in [0.5, 0.6) is 0 Å². The van der Waals surface area contributed by atoms with E-state index in [2.05, 4.69) is 12.1 Å². The van der Waals surface area contributed by atoms with Crippen LogP contribution in [0.15, 0.2) is 30.3 Å². The Kier molecular flexibility index (Phi) is 4.98. The molecule has 2 saturated heterocycles. The molecule has 1 aromatic rings. The first kappa shape index (κ1) is 14.7. The second kappa shape index (κ2) is 7.13. The van der Waals surface area contributed by atoms with Gasteiger partial charge in [-0.15, -0.1) is 0 Å². The van der Waals surface area contributed by atoms with Gasteiger partial charge in [-0.25, -0.2) is 4.79 Å². The number of morpholine rings is 2. The summed E-state index contributed by atoms with van der Waals surface area (Å²) < 4.78 is 10.8. The summed E-state index contributed by atoms with van der Waals surface area (Å²) in [6.07, 6.45) is 0. The Labute approximate surface area is 125 Å². The molecule has 3 rings (SSSR count). The molecule has 1 aromatic carbocycles. The van der Waals surface area contributed by atoms with Gasteiger partial charge in [-0.05, 0) is 0 Å². The second-order valence-electron chi connectivity index (χ2n) is 5.69. The van der Waals surface area contributed by atoms with Gasteiger partial charge < -0.3 is 14.4 Å². The first-order valence-corrected chi connectivity index (χ1v) is 7.80. The molecule has 0 spiro atoms. The third-order valence-electron chi connectivity index (χ3n) is 4.38. The molecular weight excluding hydrogens is 268 g/mol. The van der Waals surface area contributed by atoms with Crippen molar-refractivity contribution < 1.29 is 24.1 Å². The Hall–Kier alpha value is -1.27. The summed E-state index contributed by atoms with van der Waals surface area (Å²) in [5.41, 5.74) is 1.12. The zero-order valence-electron chi connectivity index (χ0n) is 12.3. The monoisotopic (exact) mass is 292 g/mol. The normalized spacial score (nSPS) is 22.9. The summed E-state index contributed by atoms with van der Waals surface area (Å²) in [7, 11) is 0. The molecule has 0 radical (unpaired) electrons. The molecule has 0 saturated carbocycles. The number of quaternary nitrogens is 2. The van der Waals surface area contributed by atoms with Gasteiger partial charge in [0.2, 0.25) is 6.04 Å². The van der Waals surface area contributed by atoms with Gasteiger partial charge in [0.1, 0.15) is 26.2 Å². The molecule has 0 bridgehead atoms. The number of carbonyl (C=O) groups is 1. The van der Waals surface area contributed by atoms with E-state index in [9.17, 15) is 4.79 Å². The molecule has 2 aliphatic heterocycles. The largest absolute Gasteiger partial charge is 0.374 e. The lowest BCUT2D eigenvalue weighted by molar-refractivity contribution is -0.946.